The predicted molar refractivity (Wildman–Crippen MR) is 123 cm³/mol. The maximum Gasteiger partial charge on any atom is 0.308 e. The first-order valence-corrected chi connectivity index (χ1v) is 11.0. The molecule has 1 fully saturated rings. The second-order valence-corrected chi connectivity index (χ2v) is 7.94. The third-order valence-corrected chi connectivity index (χ3v) is 5.62. The van der Waals surface area contributed by atoms with Crippen LogP contribution in [0.15, 0.2) is 42.5 Å². The van der Waals surface area contributed by atoms with Gasteiger partial charge < -0.3 is 24.4 Å². The Morgan fingerprint density at radius 3 is 2.39 bits per heavy atom. The average molecular weight is 455 g/mol. The van der Waals surface area contributed by atoms with Crippen molar-refractivity contribution in [1.82, 2.24) is 10.2 Å². The summed E-state index contributed by atoms with van der Waals surface area (Å²) in [6.45, 7) is 2.52. The predicted octanol–water partition coefficient (Wildman–Crippen LogP) is 2.98. The number of carbonyl (C=O) groups excluding carboxylic acids is 3. The molecule has 1 aliphatic heterocycles. The number of amides is 2. The molecule has 33 heavy (non-hydrogen) atoms. The fourth-order valence-electron chi connectivity index (χ4n) is 3.85. The molecule has 0 saturated carbocycles. The molecule has 2 aromatic rings. The summed E-state index contributed by atoms with van der Waals surface area (Å²) in [5, 5.41) is 3.01. The normalized spacial score (nSPS) is 13.8. The third kappa shape index (κ3) is 6.71. The molecule has 1 aliphatic rings. The second kappa shape index (κ2) is 11.4. The summed E-state index contributed by atoms with van der Waals surface area (Å²) in [5.74, 6) is 1.10. The van der Waals surface area contributed by atoms with Crippen molar-refractivity contribution in [2.75, 3.05) is 27.3 Å². The molecule has 1 saturated heterocycles. The first-order chi connectivity index (χ1) is 15.9. The highest BCUT2D eigenvalue weighted by Gasteiger charge is 2.24. The van der Waals surface area contributed by atoms with E-state index >= 15 is 0 Å². The molecule has 0 radical (unpaired) electrons. The lowest BCUT2D eigenvalue weighted by Gasteiger charge is -2.32. The molecule has 0 atom stereocenters. The fourth-order valence-corrected chi connectivity index (χ4v) is 3.85. The van der Waals surface area contributed by atoms with E-state index in [9.17, 15) is 14.4 Å². The van der Waals surface area contributed by atoms with Crippen LogP contribution in [0.25, 0.3) is 0 Å². The standard InChI is InChI=1S/C25H30N2O6/c1-17(28)33-21-6-4-5-19(16-21)25(30)26-20-11-13-27(14-12-20)24(29)10-8-18-7-9-22(31-2)23(15-18)32-3/h4-7,9,15-16,20H,8,10-14H2,1-3H3,(H,26,30). The number of likely N-dealkylation sites (tertiary alicyclic amines) is 1. The van der Waals surface area contributed by atoms with E-state index in [0.29, 0.717) is 61.6 Å². The van der Waals surface area contributed by atoms with Gasteiger partial charge in [-0.25, -0.2) is 0 Å². The topological polar surface area (TPSA) is 94.2 Å². The Morgan fingerprint density at radius 2 is 1.73 bits per heavy atom. The van der Waals surface area contributed by atoms with Gasteiger partial charge in [0.1, 0.15) is 5.75 Å². The number of rotatable bonds is 8. The molecule has 0 aromatic heterocycles. The molecule has 1 N–H and O–H groups in total. The number of hydrogen-bond donors (Lipinski definition) is 1. The summed E-state index contributed by atoms with van der Waals surface area (Å²) in [5.41, 5.74) is 1.45. The van der Waals surface area contributed by atoms with Crippen LogP contribution >= 0.6 is 0 Å². The molecule has 2 amide bonds. The van der Waals surface area contributed by atoms with Gasteiger partial charge in [0.05, 0.1) is 14.2 Å². The minimum absolute atomic E-state index is 0.00946. The minimum atomic E-state index is -0.435. The van der Waals surface area contributed by atoms with Crippen LogP contribution in [-0.4, -0.2) is 56.0 Å². The zero-order valence-electron chi connectivity index (χ0n) is 19.3. The molecule has 2 aromatic carbocycles. The molecule has 0 unspecified atom stereocenters. The zero-order valence-corrected chi connectivity index (χ0v) is 19.3. The highest BCUT2D eigenvalue weighted by atomic mass is 16.5. The van der Waals surface area contributed by atoms with Crippen LogP contribution in [0, 0.1) is 0 Å². The van der Waals surface area contributed by atoms with Gasteiger partial charge in [-0.3, -0.25) is 14.4 Å². The molecule has 8 nitrogen and oxygen atoms in total. The van der Waals surface area contributed by atoms with Crippen molar-refractivity contribution >= 4 is 17.8 Å². The van der Waals surface area contributed by atoms with E-state index in [1.165, 1.54) is 6.92 Å². The maximum absolute atomic E-state index is 12.7. The SMILES string of the molecule is COc1ccc(CCC(=O)N2CCC(NC(=O)c3cccc(OC(C)=O)c3)CC2)cc1OC. The van der Waals surface area contributed by atoms with Gasteiger partial charge in [0.15, 0.2) is 11.5 Å². The number of nitrogens with one attached hydrogen (secondary N) is 1. The minimum Gasteiger partial charge on any atom is -0.493 e. The number of aryl methyl sites for hydroxylation is 1. The van der Waals surface area contributed by atoms with Crippen molar-refractivity contribution in [3.63, 3.8) is 0 Å². The number of methoxy groups -OCH3 is 2. The Labute approximate surface area is 193 Å². The lowest BCUT2D eigenvalue weighted by molar-refractivity contribution is -0.133. The smallest absolute Gasteiger partial charge is 0.308 e. The fraction of sp³-hybridized carbons (Fsp3) is 0.400. The van der Waals surface area contributed by atoms with Crippen molar-refractivity contribution in [2.24, 2.45) is 0 Å². The average Bonchev–Trinajstić information content (AvgIpc) is 2.82. The Kier molecular flexibility index (Phi) is 8.29. The highest BCUT2D eigenvalue weighted by molar-refractivity contribution is 5.95. The highest BCUT2D eigenvalue weighted by Crippen LogP contribution is 2.28. The summed E-state index contributed by atoms with van der Waals surface area (Å²) in [6, 6.07) is 12.2. The monoisotopic (exact) mass is 454 g/mol. The van der Waals surface area contributed by atoms with Gasteiger partial charge in [0.2, 0.25) is 5.91 Å². The van der Waals surface area contributed by atoms with Crippen LogP contribution in [0.2, 0.25) is 0 Å². The van der Waals surface area contributed by atoms with E-state index in [4.69, 9.17) is 14.2 Å². The van der Waals surface area contributed by atoms with Crippen LogP contribution in [0.1, 0.15) is 42.1 Å². The summed E-state index contributed by atoms with van der Waals surface area (Å²) in [7, 11) is 3.18. The number of nitrogens with zero attached hydrogens (tertiary/aromatic N) is 1. The van der Waals surface area contributed by atoms with Crippen molar-refractivity contribution in [3.8, 4) is 17.2 Å². The molecule has 3 rings (SSSR count). The number of ether oxygens (including phenoxy) is 3. The van der Waals surface area contributed by atoms with E-state index in [1.54, 1.807) is 38.5 Å². The second-order valence-electron chi connectivity index (χ2n) is 7.94. The first kappa shape index (κ1) is 24.1. The number of piperidine rings is 1. The molecular formula is C25H30N2O6. The largest absolute Gasteiger partial charge is 0.493 e. The molecule has 176 valence electrons. The van der Waals surface area contributed by atoms with Crippen LogP contribution < -0.4 is 19.5 Å². The lowest BCUT2D eigenvalue weighted by atomic mass is 10.0. The van der Waals surface area contributed by atoms with E-state index in [1.807, 2.05) is 23.1 Å². The first-order valence-electron chi connectivity index (χ1n) is 11.0. The lowest BCUT2D eigenvalue weighted by Crippen LogP contribution is -2.46. The number of benzene rings is 2. The van der Waals surface area contributed by atoms with Gasteiger partial charge in [0, 0.05) is 38.0 Å². The number of hydrogen-bond acceptors (Lipinski definition) is 6. The van der Waals surface area contributed by atoms with Crippen LogP contribution in [0.5, 0.6) is 17.2 Å². The summed E-state index contributed by atoms with van der Waals surface area (Å²) < 4.78 is 15.6. The Hall–Kier alpha value is -3.55. The van der Waals surface area contributed by atoms with E-state index in [-0.39, 0.29) is 17.9 Å². The van der Waals surface area contributed by atoms with Crippen LogP contribution in [-0.2, 0) is 16.0 Å². The maximum atomic E-state index is 12.7. The summed E-state index contributed by atoms with van der Waals surface area (Å²) in [4.78, 5) is 38.2. The molecule has 8 heteroatoms. The number of esters is 1. The molecule has 1 heterocycles. The van der Waals surface area contributed by atoms with Crippen molar-refractivity contribution < 1.29 is 28.6 Å². The third-order valence-electron chi connectivity index (χ3n) is 5.62. The van der Waals surface area contributed by atoms with Crippen molar-refractivity contribution in [1.29, 1.82) is 0 Å². The van der Waals surface area contributed by atoms with E-state index < -0.39 is 5.97 Å². The Bertz CT molecular complexity index is 998. The summed E-state index contributed by atoms with van der Waals surface area (Å²) in [6.07, 6.45) is 2.42. The van der Waals surface area contributed by atoms with Gasteiger partial charge in [-0.1, -0.05) is 12.1 Å². The zero-order chi connectivity index (χ0) is 23.8. The van der Waals surface area contributed by atoms with Crippen LogP contribution in [0.4, 0.5) is 0 Å². The van der Waals surface area contributed by atoms with Gasteiger partial charge >= 0.3 is 5.97 Å². The van der Waals surface area contributed by atoms with Gasteiger partial charge in [-0.2, -0.15) is 0 Å². The molecule has 0 bridgehead atoms. The van der Waals surface area contributed by atoms with Gasteiger partial charge in [-0.05, 0) is 55.2 Å². The Balaban J connectivity index is 1.46. The van der Waals surface area contributed by atoms with Crippen molar-refractivity contribution in [2.45, 2.75) is 38.6 Å². The van der Waals surface area contributed by atoms with E-state index in [2.05, 4.69) is 5.32 Å². The molecule has 0 aliphatic carbocycles. The number of carbonyl (C=O) groups is 3. The molecular weight excluding hydrogens is 424 g/mol. The van der Waals surface area contributed by atoms with E-state index in [0.717, 1.165) is 5.56 Å². The van der Waals surface area contributed by atoms with Gasteiger partial charge in [-0.15, -0.1) is 0 Å². The summed E-state index contributed by atoms with van der Waals surface area (Å²) >= 11 is 0. The van der Waals surface area contributed by atoms with Crippen LogP contribution in [0.3, 0.4) is 0 Å². The quantitative estimate of drug-likeness (QED) is 0.487. The molecule has 0 spiro atoms. The van der Waals surface area contributed by atoms with Crippen molar-refractivity contribution in [3.05, 3.63) is 53.6 Å². The van der Waals surface area contributed by atoms with Gasteiger partial charge in [0.25, 0.3) is 5.91 Å². The Morgan fingerprint density at radius 1 is 1.00 bits per heavy atom.